The summed E-state index contributed by atoms with van der Waals surface area (Å²) in [4.78, 5) is 11.5. The molecule has 29 heavy (non-hydrogen) atoms. The number of hydrogen-bond acceptors (Lipinski definition) is 4. The first-order chi connectivity index (χ1) is 13.8. The van der Waals surface area contributed by atoms with Gasteiger partial charge in [-0.1, -0.05) is 19.4 Å². The average Bonchev–Trinajstić information content (AvgIpc) is 3.39. The monoisotopic (exact) mass is 422 g/mol. The molecule has 1 aliphatic heterocycles. The van der Waals surface area contributed by atoms with Crippen molar-refractivity contribution >= 4 is 11.2 Å². The van der Waals surface area contributed by atoms with Gasteiger partial charge >= 0.3 is 5.76 Å². The maximum Gasteiger partial charge on any atom is 0.434 e. The van der Waals surface area contributed by atoms with Crippen molar-refractivity contribution < 1.29 is 13.0 Å². The quantitative estimate of drug-likeness (QED) is 0.749. The lowest BCUT2D eigenvalue weighted by Crippen LogP contribution is -2.38. The molecular weight excluding hydrogens is 395 g/mol. The van der Waals surface area contributed by atoms with Crippen LogP contribution in [-0.2, 0) is 11.2 Å². The Kier molecular flexibility index (Phi) is 5.72. The summed E-state index contributed by atoms with van der Waals surface area (Å²) >= 11 is -1.49. The van der Waals surface area contributed by atoms with Crippen LogP contribution in [0.15, 0.2) is 21.3 Å². The molecule has 2 aromatic rings. The summed E-state index contributed by atoms with van der Waals surface area (Å²) in [5.74, 6) is -0.218. The van der Waals surface area contributed by atoms with E-state index in [-0.39, 0.29) is 11.7 Å². The number of aryl methyl sites for hydroxylation is 1. The van der Waals surface area contributed by atoms with Gasteiger partial charge in [-0.2, -0.15) is 0 Å². The SMILES string of the molecule is Cc1ccc(F)c(C(C)C(NS(=O)N2CC3CCCC3C2)c2n[nH]c(=O)o2)c1C. The van der Waals surface area contributed by atoms with Gasteiger partial charge in [0.1, 0.15) is 11.9 Å². The van der Waals surface area contributed by atoms with Crippen LogP contribution in [0.1, 0.15) is 60.7 Å². The summed E-state index contributed by atoms with van der Waals surface area (Å²) in [7, 11) is 0. The van der Waals surface area contributed by atoms with E-state index in [9.17, 15) is 13.4 Å². The Balaban J connectivity index is 1.62. The van der Waals surface area contributed by atoms with Gasteiger partial charge in [-0.3, -0.25) is 0 Å². The van der Waals surface area contributed by atoms with Crippen LogP contribution in [0.3, 0.4) is 0 Å². The highest BCUT2D eigenvalue weighted by atomic mass is 32.2. The van der Waals surface area contributed by atoms with Crippen molar-refractivity contribution in [1.82, 2.24) is 19.2 Å². The van der Waals surface area contributed by atoms with Gasteiger partial charge in [0.2, 0.25) is 5.89 Å². The van der Waals surface area contributed by atoms with E-state index in [1.54, 1.807) is 6.07 Å². The van der Waals surface area contributed by atoms with Gasteiger partial charge in [0.05, 0.1) is 0 Å². The zero-order valence-electron chi connectivity index (χ0n) is 16.9. The van der Waals surface area contributed by atoms with E-state index in [2.05, 4.69) is 14.9 Å². The zero-order valence-corrected chi connectivity index (χ0v) is 17.7. The number of nitrogens with one attached hydrogen (secondary N) is 2. The van der Waals surface area contributed by atoms with Crippen LogP contribution < -0.4 is 10.5 Å². The van der Waals surface area contributed by atoms with Crippen molar-refractivity contribution in [1.29, 1.82) is 0 Å². The molecule has 1 aliphatic carbocycles. The molecule has 0 bridgehead atoms. The summed E-state index contributed by atoms with van der Waals surface area (Å²) in [6.07, 6.45) is 3.60. The molecule has 2 aliphatic rings. The summed E-state index contributed by atoms with van der Waals surface area (Å²) in [5.41, 5.74) is 2.29. The van der Waals surface area contributed by atoms with E-state index in [0.717, 1.165) is 24.2 Å². The van der Waals surface area contributed by atoms with Crippen LogP contribution in [0.5, 0.6) is 0 Å². The third kappa shape index (κ3) is 3.95. The van der Waals surface area contributed by atoms with Crippen molar-refractivity contribution in [2.45, 2.75) is 52.0 Å². The molecule has 158 valence electrons. The number of nitrogens with zero attached hydrogens (tertiary/aromatic N) is 2. The molecule has 0 spiro atoms. The minimum atomic E-state index is -1.49. The fourth-order valence-electron chi connectivity index (χ4n) is 4.78. The third-order valence-electron chi connectivity index (χ3n) is 6.56. The van der Waals surface area contributed by atoms with Crippen molar-refractivity contribution in [3.8, 4) is 0 Å². The minimum Gasteiger partial charge on any atom is -0.391 e. The average molecular weight is 423 g/mol. The zero-order chi connectivity index (χ0) is 20.7. The van der Waals surface area contributed by atoms with E-state index >= 15 is 0 Å². The largest absolute Gasteiger partial charge is 0.434 e. The van der Waals surface area contributed by atoms with Crippen molar-refractivity contribution in [2.75, 3.05) is 13.1 Å². The highest BCUT2D eigenvalue weighted by Gasteiger charge is 2.40. The number of H-pyrrole nitrogens is 1. The van der Waals surface area contributed by atoms with Gasteiger partial charge in [-0.25, -0.2) is 27.5 Å². The highest BCUT2D eigenvalue weighted by molar-refractivity contribution is 7.80. The second-order valence-electron chi connectivity index (χ2n) is 8.29. The molecule has 9 heteroatoms. The van der Waals surface area contributed by atoms with E-state index in [0.29, 0.717) is 17.4 Å². The Morgan fingerprint density at radius 2 is 2.00 bits per heavy atom. The lowest BCUT2D eigenvalue weighted by atomic mass is 9.88. The Labute approximate surface area is 171 Å². The first-order valence-corrected chi connectivity index (χ1v) is 11.2. The molecule has 2 fully saturated rings. The second kappa shape index (κ2) is 8.12. The number of halogens is 1. The smallest absolute Gasteiger partial charge is 0.391 e. The van der Waals surface area contributed by atoms with Crippen LogP contribution in [0.25, 0.3) is 0 Å². The fraction of sp³-hybridized carbons (Fsp3) is 0.600. The van der Waals surface area contributed by atoms with Gasteiger partial charge in [0.25, 0.3) is 0 Å². The number of fused-ring (bicyclic) bond motifs is 1. The van der Waals surface area contributed by atoms with Crippen LogP contribution >= 0.6 is 0 Å². The molecule has 1 aromatic heterocycles. The summed E-state index contributed by atoms with van der Waals surface area (Å²) < 4.78 is 38.0. The van der Waals surface area contributed by atoms with Crippen LogP contribution in [0.4, 0.5) is 4.39 Å². The van der Waals surface area contributed by atoms with E-state index < -0.39 is 28.9 Å². The molecule has 5 unspecified atom stereocenters. The Bertz CT molecular complexity index is 963. The summed E-state index contributed by atoms with van der Waals surface area (Å²) in [6.45, 7) is 7.18. The fourth-order valence-corrected chi connectivity index (χ4v) is 6.11. The number of rotatable bonds is 6. The van der Waals surface area contributed by atoms with Gasteiger partial charge in [-0.15, -0.1) is 5.10 Å². The normalized spacial score (nSPS) is 25.1. The predicted molar refractivity (Wildman–Crippen MR) is 108 cm³/mol. The summed E-state index contributed by atoms with van der Waals surface area (Å²) in [6, 6.07) is 2.45. The Morgan fingerprint density at radius 3 is 2.62 bits per heavy atom. The standard InChI is InChI=1S/C20H27FN4O3S/c1-11-7-8-16(21)17(12(11)2)13(3)18(19-22-23-20(26)28-19)24-29(27)25-9-14-5-4-6-15(14)10-25/h7-8,13-15,18,24H,4-6,9-10H2,1-3H3,(H,23,26). The molecular formula is C20H27FN4O3S. The van der Waals surface area contributed by atoms with Crippen molar-refractivity contribution in [2.24, 2.45) is 11.8 Å². The van der Waals surface area contributed by atoms with Crippen LogP contribution in [0.2, 0.25) is 0 Å². The third-order valence-corrected chi connectivity index (χ3v) is 7.79. The van der Waals surface area contributed by atoms with Crippen molar-refractivity contribution in [3.63, 3.8) is 0 Å². The van der Waals surface area contributed by atoms with Gasteiger partial charge in [0, 0.05) is 19.0 Å². The lowest BCUT2D eigenvalue weighted by molar-refractivity contribution is 0.374. The molecule has 1 saturated heterocycles. The van der Waals surface area contributed by atoms with Crippen LogP contribution in [-0.4, -0.2) is 31.8 Å². The molecule has 1 saturated carbocycles. The van der Waals surface area contributed by atoms with E-state index in [1.807, 2.05) is 25.1 Å². The molecule has 0 radical (unpaired) electrons. The molecule has 1 aromatic carbocycles. The summed E-state index contributed by atoms with van der Waals surface area (Å²) in [5, 5.41) is 6.19. The Hall–Kier alpha value is -1.84. The topological polar surface area (TPSA) is 91.2 Å². The molecule has 7 nitrogen and oxygen atoms in total. The molecule has 4 rings (SSSR count). The van der Waals surface area contributed by atoms with E-state index in [1.165, 1.54) is 25.3 Å². The van der Waals surface area contributed by atoms with Crippen LogP contribution in [0, 0.1) is 31.5 Å². The number of hydrogen-bond donors (Lipinski definition) is 2. The molecule has 2 N–H and O–H groups in total. The molecule has 0 amide bonds. The first-order valence-electron chi connectivity index (χ1n) is 10.1. The van der Waals surface area contributed by atoms with Gasteiger partial charge in [-0.05, 0) is 61.3 Å². The maximum atomic E-state index is 14.7. The Morgan fingerprint density at radius 1 is 1.31 bits per heavy atom. The minimum absolute atomic E-state index is 0.0792. The second-order valence-corrected chi connectivity index (χ2v) is 9.54. The lowest BCUT2D eigenvalue weighted by Gasteiger charge is -2.26. The van der Waals surface area contributed by atoms with E-state index in [4.69, 9.17) is 4.42 Å². The number of aromatic amines is 1. The predicted octanol–water partition coefficient (Wildman–Crippen LogP) is 2.86. The van der Waals surface area contributed by atoms with Crippen molar-refractivity contribution in [3.05, 3.63) is 51.1 Å². The number of aromatic nitrogens is 2. The van der Waals surface area contributed by atoms with Gasteiger partial charge < -0.3 is 4.42 Å². The maximum absolute atomic E-state index is 14.7. The number of benzene rings is 1. The first kappa shape index (κ1) is 20.4. The van der Waals surface area contributed by atoms with Gasteiger partial charge in [0.15, 0.2) is 11.2 Å². The molecule has 2 heterocycles. The highest BCUT2D eigenvalue weighted by Crippen LogP contribution is 2.39. The molecule has 5 atom stereocenters.